The molecule has 1 N–H and O–H groups in total. The molecule has 2 aromatic rings. The predicted octanol–water partition coefficient (Wildman–Crippen LogP) is 0.645. The molecule has 0 saturated heterocycles. The maximum atomic E-state index is 10.7. The summed E-state index contributed by atoms with van der Waals surface area (Å²) in [7, 11) is 1.84. The number of nitro groups is 1. The van der Waals surface area contributed by atoms with E-state index in [2.05, 4.69) is 20.5 Å². The van der Waals surface area contributed by atoms with E-state index in [0.29, 0.717) is 18.8 Å². The van der Waals surface area contributed by atoms with Gasteiger partial charge in [-0.2, -0.15) is 5.26 Å². The highest BCUT2D eigenvalue weighted by atomic mass is 16.6. The monoisotopic (exact) mass is 273 g/mol. The lowest BCUT2D eigenvalue weighted by atomic mass is 10.3. The number of nitrogens with one attached hydrogen (secondary N) is 1. The maximum Gasteiger partial charge on any atom is 0.305 e. The maximum absolute atomic E-state index is 10.7. The van der Waals surface area contributed by atoms with Gasteiger partial charge in [0.25, 0.3) is 0 Å². The van der Waals surface area contributed by atoms with Gasteiger partial charge < -0.3 is 9.88 Å². The van der Waals surface area contributed by atoms with Crippen molar-refractivity contribution < 1.29 is 4.92 Å². The molecule has 102 valence electrons. The van der Waals surface area contributed by atoms with Crippen LogP contribution in [-0.4, -0.2) is 31.2 Å². The van der Waals surface area contributed by atoms with Crippen molar-refractivity contribution in [3.8, 4) is 6.07 Å². The zero-order valence-electron chi connectivity index (χ0n) is 10.6. The fourth-order valence-electron chi connectivity index (χ4n) is 1.62. The Morgan fingerprint density at radius 3 is 2.95 bits per heavy atom. The highest BCUT2D eigenvalue weighted by Gasteiger charge is 2.15. The molecule has 0 aromatic carbocycles. The molecule has 0 radical (unpaired) electrons. The molecule has 0 aliphatic heterocycles. The molecule has 20 heavy (non-hydrogen) atoms. The molecule has 9 nitrogen and oxygen atoms in total. The van der Waals surface area contributed by atoms with Crippen LogP contribution in [0.1, 0.15) is 11.5 Å². The minimum absolute atomic E-state index is 0.210. The van der Waals surface area contributed by atoms with E-state index in [4.69, 9.17) is 5.26 Å². The summed E-state index contributed by atoms with van der Waals surface area (Å²) in [6.45, 7) is 0.530. The van der Waals surface area contributed by atoms with Gasteiger partial charge in [0.2, 0.25) is 5.69 Å². The second kappa shape index (κ2) is 5.75. The average Bonchev–Trinajstić information content (AvgIpc) is 2.84. The van der Waals surface area contributed by atoms with Gasteiger partial charge in [-0.3, -0.25) is 10.1 Å². The smallest absolute Gasteiger partial charge is 0.305 e. The topological polar surface area (TPSA) is 123 Å². The molecule has 0 amide bonds. The van der Waals surface area contributed by atoms with Crippen LogP contribution in [-0.2, 0) is 13.5 Å². The first-order valence-corrected chi connectivity index (χ1v) is 5.74. The van der Waals surface area contributed by atoms with Crippen LogP contribution >= 0.6 is 0 Å². The first-order valence-electron chi connectivity index (χ1n) is 5.74. The summed E-state index contributed by atoms with van der Waals surface area (Å²) >= 11 is 0. The molecule has 0 atom stereocenters. The number of hydrogen-bond donors (Lipinski definition) is 1. The van der Waals surface area contributed by atoms with Gasteiger partial charge in [-0.05, 0) is 6.07 Å². The van der Waals surface area contributed by atoms with Crippen LogP contribution in [0.5, 0.6) is 0 Å². The lowest BCUT2D eigenvalue weighted by Crippen LogP contribution is -2.10. The van der Waals surface area contributed by atoms with Crippen molar-refractivity contribution in [3.05, 3.63) is 40.1 Å². The molecule has 2 aromatic heterocycles. The second-order valence-corrected chi connectivity index (χ2v) is 3.97. The van der Waals surface area contributed by atoms with E-state index in [9.17, 15) is 10.1 Å². The van der Waals surface area contributed by atoms with E-state index >= 15 is 0 Å². The first kappa shape index (κ1) is 13.4. The Labute approximate surface area is 114 Å². The van der Waals surface area contributed by atoms with E-state index in [0.717, 1.165) is 5.82 Å². The molecule has 2 rings (SSSR count). The van der Waals surface area contributed by atoms with Crippen molar-refractivity contribution >= 4 is 11.5 Å². The summed E-state index contributed by atoms with van der Waals surface area (Å²) in [4.78, 5) is 13.9. The minimum Gasteiger partial charge on any atom is -0.370 e. The third kappa shape index (κ3) is 2.86. The van der Waals surface area contributed by atoms with Crippen molar-refractivity contribution in [2.75, 3.05) is 11.9 Å². The highest BCUT2D eigenvalue weighted by molar-refractivity contribution is 5.50. The standard InChI is InChI=1S/C11H11N7O2/c1-17-7-14-16-11(17)4-5-13-10-3-2-9(18(19)20)8(6-12)15-10/h2-3,7H,4-5H2,1H3,(H,13,15). The summed E-state index contributed by atoms with van der Waals surface area (Å²) in [5, 5.41) is 30.2. The molecule has 0 bridgehead atoms. The second-order valence-electron chi connectivity index (χ2n) is 3.97. The Bertz CT molecular complexity index is 674. The number of rotatable bonds is 5. The summed E-state index contributed by atoms with van der Waals surface area (Å²) in [5.74, 6) is 1.22. The van der Waals surface area contributed by atoms with Crippen LogP contribution in [0.25, 0.3) is 0 Å². The summed E-state index contributed by atoms with van der Waals surface area (Å²) in [6, 6.07) is 4.44. The Morgan fingerprint density at radius 2 is 2.35 bits per heavy atom. The van der Waals surface area contributed by atoms with E-state index < -0.39 is 4.92 Å². The molecular weight excluding hydrogens is 262 g/mol. The molecule has 0 aliphatic carbocycles. The lowest BCUT2D eigenvalue weighted by molar-refractivity contribution is -0.385. The number of nitrogens with zero attached hydrogens (tertiary/aromatic N) is 6. The van der Waals surface area contributed by atoms with Gasteiger partial charge in [0.15, 0.2) is 0 Å². The molecule has 2 heterocycles. The molecule has 0 saturated carbocycles. The number of aromatic nitrogens is 4. The fourth-order valence-corrected chi connectivity index (χ4v) is 1.62. The van der Waals surface area contributed by atoms with Crippen LogP contribution in [0, 0.1) is 21.4 Å². The number of anilines is 1. The van der Waals surface area contributed by atoms with Crippen LogP contribution in [0.15, 0.2) is 18.5 Å². The molecular formula is C11H11N7O2. The Kier molecular flexibility index (Phi) is 3.85. The largest absolute Gasteiger partial charge is 0.370 e. The highest BCUT2D eigenvalue weighted by Crippen LogP contribution is 2.17. The quantitative estimate of drug-likeness (QED) is 0.626. The third-order valence-corrected chi connectivity index (χ3v) is 2.64. The van der Waals surface area contributed by atoms with Gasteiger partial charge in [0, 0.05) is 26.1 Å². The van der Waals surface area contributed by atoms with Crippen molar-refractivity contribution in [1.29, 1.82) is 5.26 Å². The van der Waals surface area contributed by atoms with Gasteiger partial charge in [0.05, 0.1) is 4.92 Å². The van der Waals surface area contributed by atoms with Gasteiger partial charge in [-0.15, -0.1) is 10.2 Å². The van der Waals surface area contributed by atoms with Crippen LogP contribution in [0.2, 0.25) is 0 Å². The number of nitriles is 1. The molecule has 0 unspecified atom stereocenters. The lowest BCUT2D eigenvalue weighted by Gasteiger charge is -2.05. The van der Waals surface area contributed by atoms with E-state index in [1.54, 1.807) is 17.0 Å². The Morgan fingerprint density at radius 1 is 1.55 bits per heavy atom. The summed E-state index contributed by atoms with van der Waals surface area (Å²) in [5.41, 5.74) is -0.509. The Hall–Kier alpha value is -3.02. The van der Waals surface area contributed by atoms with E-state index in [1.165, 1.54) is 12.1 Å². The van der Waals surface area contributed by atoms with Gasteiger partial charge in [-0.1, -0.05) is 0 Å². The van der Waals surface area contributed by atoms with E-state index in [-0.39, 0.29) is 11.4 Å². The minimum atomic E-state index is -0.630. The molecule has 0 aliphatic rings. The fraction of sp³-hybridized carbons (Fsp3) is 0.273. The van der Waals surface area contributed by atoms with Gasteiger partial charge in [0.1, 0.15) is 24.0 Å². The number of hydrogen-bond acceptors (Lipinski definition) is 7. The Balaban J connectivity index is 2.02. The van der Waals surface area contributed by atoms with Crippen molar-refractivity contribution in [3.63, 3.8) is 0 Å². The summed E-state index contributed by atoms with van der Waals surface area (Å²) in [6.07, 6.45) is 2.23. The summed E-state index contributed by atoms with van der Waals surface area (Å²) < 4.78 is 1.80. The number of pyridine rings is 1. The van der Waals surface area contributed by atoms with Gasteiger partial charge in [-0.25, -0.2) is 4.98 Å². The van der Waals surface area contributed by atoms with Crippen molar-refractivity contribution in [1.82, 2.24) is 19.7 Å². The van der Waals surface area contributed by atoms with Crippen LogP contribution < -0.4 is 5.32 Å². The van der Waals surface area contributed by atoms with Gasteiger partial charge >= 0.3 is 5.69 Å². The predicted molar refractivity (Wildman–Crippen MR) is 68.8 cm³/mol. The van der Waals surface area contributed by atoms with Crippen LogP contribution in [0.4, 0.5) is 11.5 Å². The first-order chi connectivity index (χ1) is 9.61. The average molecular weight is 273 g/mol. The number of aryl methyl sites for hydroxylation is 1. The van der Waals surface area contributed by atoms with Crippen LogP contribution in [0.3, 0.4) is 0 Å². The normalized spacial score (nSPS) is 10.0. The zero-order valence-corrected chi connectivity index (χ0v) is 10.6. The van der Waals surface area contributed by atoms with Crippen molar-refractivity contribution in [2.45, 2.75) is 6.42 Å². The third-order valence-electron chi connectivity index (χ3n) is 2.64. The SMILES string of the molecule is Cn1cnnc1CCNc1ccc([N+](=O)[O-])c(C#N)n1. The van der Waals surface area contributed by atoms with Crippen molar-refractivity contribution in [2.24, 2.45) is 7.05 Å². The zero-order chi connectivity index (χ0) is 14.5. The molecule has 9 heteroatoms. The molecule has 0 spiro atoms. The van der Waals surface area contributed by atoms with E-state index in [1.807, 2.05) is 7.05 Å². The molecule has 0 fully saturated rings.